The molecule has 0 fully saturated rings. The summed E-state index contributed by atoms with van der Waals surface area (Å²) in [6.45, 7) is -0.237. The second kappa shape index (κ2) is 7.39. The normalized spacial score (nSPS) is 10.3. The van der Waals surface area contributed by atoms with Gasteiger partial charge in [0, 0.05) is 5.56 Å². The number of carbonyl (C=O) groups is 1. The molecule has 1 amide bonds. The molecule has 0 unspecified atom stereocenters. The third-order valence-electron chi connectivity index (χ3n) is 3.50. The Morgan fingerprint density at radius 3 is 2.56 bits per heavy atom. The van der Waals surface area contributed by atoms with Gasteiger partial charge in [-0.1, -0.05) is 42.5 Å². The summed E-state index contributed by atoms with van der Waals surface area (Å²) in [5, 5.41) is 6.72. The first-order valence-corrected chi connectivity index (χ1v) is 7.60. The van der Waals surface area contributed by atoms with Crippen molar-refractivity contribution in [3.63, 3.8) is 0 Å². The van der Waals surface area contributed by atoms with E-state index in [-0.39, 0.29) is 6.54 Å². The summed E-state index contributed by atoms with van der Waals surface area (Å²) >= 11 is 0. The average molecular weight is 336 g/mol. The minimum atomic E-state index is -0.587. The van der Waals surface area contributed by atoms with Crippen molar-refractivity contribution in [3.05, 3.63) is 71.3 Å². The molecule has 0 radical (unpaired) electrons. The molecule has 0 atom stereocenters. The number of nitrogens with one attached hydrogen (secondary N) is 1. The number of para-hydroxylation sites is 2. The van der Waals surface area contributed by atoms with Gasteiger partial charge in [-0.3, -0.25) is 4.79 Å². The molecule has 0 saturated heterocycles. The Bertz CT molecular complexity index is 938. The molecular formula is C18H16N4O3. The van der Waals surface area contributed by atoms with Gasteiger partial charge in [-0.05, 0) is 12.1 Å². The zero-order valence-corrected chi connectivity index (χ0v) is 13.5. The van der Waals surface area contributed by atoms with Gasteiger partial charge in [-0.25, -0.2) is 9.48 Å². The van der Waals surface area contributed by atoms with E-state index in [0.717, 1.165) is 10.2 Å². The number of amides is 1. The molecule has 7 heteroatoms. The molecule has 0 saturated carbocycles. The zero-order chi connectivity index (χ0) is 17.6. The number of anilines is 1. The molecule has 0 aliphatic carbocycles. The number of aromatic nitrogens is 3. The highest BCUT2D eigenvalue weighted by atomic mass is 16.5. The summed E-state index contributed by atoms with van der Waals surface area (Å²) < 4.78 is 6.18. The van der Waals surface area contributed by atoms with Crippen LogP contribution in [0.25, 0.3) is 11.3 Å². The van der Waals surface area contributed by atoms with E-state index in [9.17, 15) is 9.59 Å². The first kappa shape index (κ1) is 16.4. The van der Waals surface area contributed by atoms with Crippen molar-refractivity contribution in [1.29, 1.82) is 0 Å². The summed E-state index contributed by atoms with van der Waals surface area (Å²) in [4.78, 5) is 28.2. The summed E-state index contributed by atoms with van der Waals surface area (Å²) in [6.07, 6.45) is 1.47. The second-order valence-electron chi connectivity index (χ2n) is 5.20. The van der Waals surface area contributed by atoms with Gasteiger partial charge < -0.3 is 10.1 Å². The third-order valence-corrected chi connectivity index (χ3v) is 3.50. The smallest absolute Gasteiger partial charge is 0.365 e. The van der Waals surface area contributed by atoms with Crippen molar-refractivity contribution in [3.8, 4) is 17.0 Å². The van der Waals surface area contributed by atoms with Crippen LogP contribution in [0.15, 0.2) is 65.6 Å². The van der Waals surface area contributed by atoms with Gasteiger partial charge >= 0.3 is 5.69 Å². The van der Waals surface area contributed by atoms with Gasteiger partial charge in [0.2, 0.25) is 5.91 Å². The fourth-order valence-electron chi connectivity index (χ4n) is 2.29. The van der Waals surface area contributed by atoms with Crippen molar-refractivity contribution >= 4 is 11.6 Å². The third kappa shape index (κ3) is 3.89. The van der Waals surface area contributed by atoms with Gasteiger partial charge in [-0.2, -0.15) is 10.1 Å². The Morgan fingerprint density at radius 1 is 1.12 bits per heavy atom. The van der Waals surface area contributed by atoms with Crippen LogP contribution in [0.5, 0.6) is 5.75 Å². The number of rotatable bonds is 5. The molecule has 0 spiro atoms. The molecule has 1 N–H and O–H groups in total. The first-order chi connectivity index (χ1) is 12.2. The van der Waals surface area contributed by atoms with Crippen LogP contribution < -0.4 is 15.7 Å². The molecule has 2 aromatic carbocycles. The predicted molar refractivity (Wildman–Crippen MR) is 93.4 cm³/mol. The highest BCUT2D eigenvalue weighted by Crippen LogP contribution is 2.22. The Hall–Kier alpha value is -3.48. The van der Waals surface area contributed by atoms with E-state index in [1.807, 2.05) is 30.3 Å². The maximum absolute atomic E-state index is 12.2. The number of hydrogen-bond acceptors (Lipinski definition) is 5. The molecule has 126 valence electrons. The molecule has 0 bridgehead atoms. The SMILES string of the molecule is COc1ccccc1NC(=O)Cn1ncc(-c2ccccc2)nc1=O. The van der Waals surface area contributed by atoms with Crippen LogP contribution >= 0.6 is 0 Å². The zero-order valence-electron chi connectivity index (χ0n) is 13.5. The number of carbonyl (C=O) groups excluding carboxylic acids is 1. The maximum atomic E-state index is 12.2. The molecule has 1 aromatic heterocycles. The molecule has 3 aromatic rings. The van der Waals surface area contributed by atoms with E-state index in [0.29, 0.717) is 17.1 Å². The van der Waals surface area contributed by atoms with Crippen LogP contribution in [0.3, 0.4) is 0 Å². The van der Waals surface area contributed by atoms with Gasteiger partial charge in [0.05, 0.1) is 24.7 Å². The van der Waals surface area contributed by atoms with Crippen LogP contribution in [0.4, 0.5) is 5.69 Å². The van der Waals surface area contributed by atoms with Gasteiger partial charge in [0.15, 0.2) is 0 Å². The molecule has 0 aliphatic rings. The fourth-order valence-corrected chi connectivity index (χ4v) is 2.29. The van der Waals surface area contributed by atoms with Crippen molar-refractivity contribution < 1.29 is 9.53 Å². The quantitative estimate of drug-likeness (QED) is 0.770. The molecule has 7 nitrogen and oxygen atoms in total. The lowest BCUT2D eigenvalue weighted by Crippen LogP contribution is -2.31. The summed E-state index contributed by atoms with van der Waals surface area (Å²) in [7, 11) is 1.52. The van der Waals surface area contributed by atoms with Crippen LogP contribution in [0.2, 0.25) is 0 Å². The number of benzene rings is 2. The lowest BCUT2D eigenvalue weighted by molar-refractivity contribution is -0.117. The lowest BCUT2D eigenvalue weighted by Gasteiger charge is -2.10. The van der Waals surface area contributed by atoms with E-state index in [1.165, 1.54) is 13.3 Å². The number of ether oxygens (including phenoxy) is 1. The summed E-state index contributed by atoms with van der Waals surface area (Å²) in [5.74, 6) is 0.141. The monoisotopic (exact) mass is 336 g/mol. The topological polar surface area (TPSA) is 86.1 Å². The lowest BCUT2D eigenvalue weighted by atomic mass is 10.2. The number of nitrogens with zero attached hydrogens (tertiary/aromatic N) is 3. The van der Waals surface area contributed by atoms with Crippen molar-refractivity contribution in [2.45, 2.75) is 6.54 Å². The van der Waals surface area contributed by atoms with Crippen LogP contribution in [0.1, 0.15) is 0 Å². The minimum absolute atomic E-state index is 0.237. The Morgan fingerprint density at radius 2 is 1.84 bits per heavy atom. The van der Waals surface area contributed by atoms with E-state index in [2.05, 4.69) is 15.4 Å². The molecule has 25 heavy (non-hydrogen) atoms. The highest BCUT2D eigenvalue weighted by molar-refractivity contribution is 5.92. The summed E-state index contributed by atoms with van der Waals surface area (Å²) in [6, 6.07) is 16.3. The first-order valence-electron chi connectivity index (χ1n) is 7.60. The van der Waals surface area contributed by atoms with Gasteiger partial charge in [0.1, 0.15) is 12.3 Å². The molecular weight excluding hydrogens is 320 g/mol. The van der Waals surface area contributed by atoms with Gasteiger partial charge in [-0.15, -0.1) is 0 Å². The van der Waals surface area contributed by atoms with E-state index < -0.39 is 11.6 Å². The molecule has 1 heterocycles. The largest absolute Gasteiger partial charge is 0.495 e. The Kier molecular flexibility index (Phi) is 4.84. The Labute approximate surface area is 143 Å². The minimum Gasteiger partial charge on any atom is -0.495 e. The van der Waals surface area contributed by atoms with Crippen LogP contribution in [0, 0.1) is 0 Å². The van der Waals surface area contributed by atoms with Crippen molar-refractivity contribution in [2.75, 3.05) is 12.4 Å². The summed E-state index contributed by atoms with van der Waals surface area (Å²) in [5.41, 5.74) is 1.19. The predicted octanol–water partition coefficient (Wildman–Crippen LogP) is 1.95. The van der Waals surface area contributed by atoms with Crippen molar-refractivity contribution in [2.24, 2.45) is 0 Å². The Balaban J connectivity index is 1.75. The number of methoxy groups -OCH3 is 1. The van der Waals surface area contributed by atoms with Crippen LogP contribution in [-0.4, -0.2) is 27.8 Å². The van der Waals surface area contributed by atoms with E-state index in [1.54, 1.807) is 24.3 Å². The molecule has 0 aliphatic heterocycles. The maximum Gasteiger partial charge on any atom is 0.365 e. The highest BCUT2D eigenvalue weighted by Gasteiger charge is 2.10. The fraction of sp³-hybridized carbons (Fsp3) is 0.111. The van der Waals surface area contributed by atoms with E-state index in [4.69, 9.17) is 4.74 Å². The second-order valence-corrected chi connectivity index (χ2v) is 5.20. The molecule has 3 rings (SSSR count). The van der Waals surface area contributed by atoms with Crippen LogP contribution in [-0.2, 0) is 11.3 Å². The number of hydrogen-bond donors (Lipinski definition) is 1. The van der Waals surface area contributed by atoms with Gasteiger partial charge in [0.25, 0.3) is 0 Å². The average Bonchev–Trinajstić information content (AvgIpc) is 2.64. The van der Waals surface area contributed by atoms with Crippen molar-refractivity contribution in [1.82, 2.24) is 14.8 Å². The van der Waals surface area contributed by atoms with E-state index >= 15 is 0 Å². The standard InChI is InChI=1S/C18H16N4O3/c1-25-16-10-6-5-9-14(16)20-17(23)12-22-18(24)21-15(11-19-22)13-7-3-2-4-8-13/h2-11H,12H2,1H3,(H,20,23).